The fourth-order valence-corrected chi connectivity index (χ4v) is 1.41. The molecule has 13 heavy (non-hydrogen) atoms. The number of hydrogen-bond donors (Lipinski definition) is 1. The number of hydrogen-bond acceptors (Lipinski definition) is 1. The third-order valence-corrected chi connectivity index (χ3v) is 1.99. The van der Waals surface area contributed by atoms with Crippen molar-refractivity contribution in [1.82, 2.24) is 0 Å². The second kappa shape index (κ2) is 3.93. The van der Waals surface area contributed by atoms with Gasteiger partial charge >= 0.3 is 0 Å². The van der Waals surface area contributed by atoms with E-state index in [9.17, 15) is 0 Å². The van der Waals surface area contributed by atoms with E-state index in [1.807, 2.05) is 0 Å². The number of rotatable bonds is 2. The predicted octanol–water partition coefficient (Wildman–Crippen LogP) is 2.73. The Morgan fingerprint density at radius 3 is 1.85 bits per heavy atom. The number of nitrogens with two attached hydrogens (primary N) is 1. The topological polar surface area (TPSA) is 26.0 Å². The van der Waals surface area contributed by atoms with Crippen LogP contribution in [0.2, 0.25) is 0 Å². The normalized spacial score (nSPS) is 11.7. The first-order valence-electron chi connectivity index (χ1n) is 4.79. The summed E-state index contributed by atoms with van der Waals surface area (Å²) in [5.74, 6) is 0. The van der Waals surface area contributed by atoms with Crippen molar-refractivity contribution in [3.8, 4) is 0 Å². The van der Waals surface area contributed by atoms with E-state index in [4.69, 9.17) is 5.73 Å². The Kier molecular flexibility index (Phi) is 3.10. The first-order chi connectivity index (χ1) is 6.01. The van der Waals surface area contributed by atoms with Crippen LogP contribution in [-0.4, -0.2) is 0 Å². The van der Waals surface area contributed by atoms with Gasteiger partial charge in [0.25, 0.3) is 0 Å². The average Bonchev–Trinajstić information content (AvgIpc) is 2.03. The molecule has 0 aliphatic carbocycles. The summed E-state index contributed by atoms with van der Waals surface area (Å²) in [5.41, 5.74) is 8.49. The Morgan fingerprint density at radius 1 is 1.00 bits per heavy atom. The van der Waals surface area contributed by atoms with Gasteiger partial charge in [-0.25, -0.2) is 0 Å². The van der Waals surface area contributed by atoms with E-state index in [1.165, 1.54) is 11.1 Å². The van der Waals surface area contributed by atoms with Crippen molar-refractivity contribution in [2.75, 3.05) is 0 Å². The molecule has 0 bridgehead atoms. The van der Waals surface area contributed by atoms with Crippen molar-refractivity contribution in [3.05, 3.63) is 35.4 Å². The molecule has 0 saturated heterocycles. The Labute approximate surface area is 81.0 Å². The minimum absolute atomic E-state index is 0.365. The molecule has 0 amide bonds. The monoisotopic (exact) mass is 177 g/mol. The quantitative estimate of drug-likeness (QED) is 0.738. The standard InChI is InChI=1S/C12H19N/c1-12(2,3)8-10-4-6-11(9-13)7-5-10/h4-7H,8-9,13H2,1-3H3. The molecule has 0 fully saturated rings. The minimum atomic E-state index is 0.365. The molecule has 0 unspecified atom stereocenters. The fourth-order valence-electron chi connectivity index (χ4n) is 1.41. The van der Waals surface area contributed by atoms with Gasteiger partial charge in [0.05, 0.1) is 0 Å². The van der Waals surface area contributed by atoms with E-state index in [-0.39, 0.29) is 0 Å². The molecule has 2 N–H and O–H groups in total. The highest BCUT2D eigenvalue weighted by molar-refractivity contribution is 5.23. The highest BCUT2D eigenvalue weighted by Gasteiger charge is 2.10. The summed E-state index contributed by atoms with van der Waals surface area (Å²) in [6.45, 7) is 7.40. The summed E-state index contributed by atoms with van der Waals surface area (Å²) in [7, 11) is 0. The molecule has 1 nitrogen and oxygen atoms in total. The van der Waals surface area contributed by atoms with Gasteiger partial charge in [-0.05, 0) is 23.0 Å². The molecule has 0 radical (unpaired) electrons. The van der Waals surface area contributed by atoms with Gasteiger partial charge in [0.1, 0.15) is 0 Å². The molecule has 0 heterocycles. The highest BCUT2D eigenvalue weighted by Crippen LogP contribution is 2.20. The maximum atomic E-state index is 5.53. The predicted molar refractivity (Wildman–Crippen MR) is 57.5 cm³/mol. The van der Waals surface area contributed by atoms with Crippen LogP contribution in [0.3, 0.4) is 0 Å². The maximum absolute atomic E-state index is 5.53. The summed E-state index contributed by atoms with van der Waals surface area (Å²) in [4.78, 5) is 0. The lowest BCUT2D eigenvalue weighted by Crippen LogP contribution is -2.09. The number of benzene rings is 1. The van der Waals surface area contributed by atoms with Crippen LogP contribution in [0.15, 0.2) is 24.3 Å². The van der Waals surface area contributed by atoms with E-state index in [2.05, 4.69) is 45.0 Å². The van der Waals surface area contributed by atoms with Gasteiger partial charge in [0, 0.05) is 6.54 Å². The molecule has 0 spiro atoms. The van der Waals surface area contributed by atoms with Crippen LogP contribution in [0.1, 0.15) is 31.9 Å². The Morgan fingerprint density at radius 2 is 1.46 bits per heavy atom. The van der Waals surface area contributed by atoms with Gasteiger partial charge in [-0.1, -0.05) is 45.0 Å². The van der Waals surface area contributed by atoms with Crippen molar-refractivity contribution < 1.29 is 0 Å². The lowest BCUT2D eigenvalue weighted by atomic mass is 9.88. The molecular formula is C12H19N. The smallest absolute Gasteiger partial charge is 0.0178 e. The van der Waals surface area contributed by atoms with Gasteiger partial charge in [-0.2, -0.15) is 0 Å². The summed E-state index contributed by atoms with van der Waals surface area (Å²) >= 11 is 0. The van der Waals surface area contributed by atoms with Crippen LogP contribution >= 0.6 is 0 Å². The van der Waals surface area contributed by atoms with Crippen molar-refractivity contribution in [2.24, 2.45) is 11.1 Å². The molecular weight excluding hydrogens is 158 g/mol. The molecule has 0 aliphatic rings. The zero-order chi connectivity index (χ0) is 9.90. The van der Waals surface area contributed by atoms with Gasteiger partial charge in [0.15, 0.2) is 0 Å². The molecule has 0 atom stereocenters. The molecule has 1 heteroatoms. The molecule has 1 aromatic rings. The van der Waals surface area contributed by atoms with E-state index >= 15 is 0 Å². The molecule has 0 aliphatic heterocycles. The third-order valence-electron chi connectivity index (χ3n) is 1.99. The van der Waals surface area contributed by atoms with Crippen LogP contribution in [0.25, 0.3) is 0 Å². The fraction of sp³-hybridized carbons (Fsp3) is 0.500. The van der Waals surface area contributed by atoms with Gasteiger partial charge < -0.3 is 5.73 Å². The maximum Gasteiger partial charge on any atom is 0.0178 e. The van der Waals surface area contributed by atoms with Gasteiger partial charge in [-0.3, -0.25) is 0 Å². The summed E-state index contributed by atoms with van der Waals surface area (Å²) in [5, 5.41) is 0. The first kappa shape index (κ1) is 10.3. The van der Waals surface area contributed by atoms with Crippen molar-refractivity contribution in [2.45, 2.75) is 33.7 Å². The molecule has 0 saturated carbocycles. The van der Waals surface area contributed by atoms with E-state index < -0.39 is 0 Å². The molecule has 1 aromatic carbocycles. The van der Waals surface area contributed by atoms with Crippen LogP contribution in [0, 0.1) is 5.41 Å². The van der Waals surface area contributed by atoms with E-state index in [0.29, 0.717) is 12.0 Å². The van der Waals surface area contributed by atoms with E-state index in [0.717, 1.165) is 6.42 Å². The highest BCUT2D eigenvalue weighted by atomic mass is 14.5. The lowest BCUT2D eigenvalue weighted by Gasteiger charge is -2.18. The summed E-state index contributed by atoms with van der Waals surface area (Å²) in [6, 6.07) is 8.57. The van der Waals surface area contributed by atoms with Crippen molar-refractivity contribution >= 4 is 0 Å². The SMILES string of the molecule is CC(C)(C)Cc1ccc(CN)cc1. The van der Waals surface area contributed by atoms with E-state index in [1.54, 1.807) is 0 Å². The summed E-state index contributed by atoms with van der Waals surface area (Å²) < 4.78 is 0. The van der Waals surface area contributed by atoms with Crippen LogP contribution < -0.4 is 5.73 Å². The van der Waals surface area contributed by atoms with Crippen LogP contribution in [0.4, 0.5) is 0 Å². The minimum Gasteiger partial charge on any atom is -0.326 e. The first-order valence-corrected chi connectivity index (χ1v) is 4.79. The third kappa shape index (κ3) is 3.60. The van der Waals surface area contributed by atoms with Gasteiger partial charge in [-0.15, -0.1) is 0 Å². The van der Waals surface area contributed by atoms with Gasteiger partial charge in [0.2, 0.25) is 0 Å². The Bertz CT molecular complexity index is 253. The Hall–Kier alpha value is -0.820. The Balaban J connectivity index is 2.70. The van der Waals surface area contributed by atoms with Crippen molar-refractivity contribution in [3.63, 3.8) is 0 Å². The zero-order valence-corrected chi connectivity index (χ0v) is 8.80. The zero-order valence-electron chi connectivity index (χ0n) is 8.80. The second-order valence-corrected chi connectivity index (χ2v) is 4.76. The average molecular weight is 177 g/mol. The second-order valence-electron chi connectivity index (χ2n) is 4.76. The summed E-state index contributed by atoms with van der Waals surface area (Å²) in [6.07, 6.45) is 1.12. The lowest BCUT2D eigenvalue weighted by molar-refractivity contribution is 0.411. The molecule has 1 rings (SSSR count). The molecule has 0 aromatic heterocycles. The largest absolute Gasteiger partial charge is 0.326 e. The molecule has 72 valence electrons. The van der Waals surface area contributed by atoms with Crippen LogP contribution in [-0.2, 0) is 13.0 Å². The van der Waals surface area contributed by atoms with Crippen molar-refractivity contribution in [1.29, 1.82) is 0 Å². The van der Waals surface area contributed by atoms with Crippen LogP contribution in [0.5, 0.6) is 0 Å².